The lowest BCUT2D eigenvalue weighted by Crippen LogP contribution is -2.43. The largest absolute Gasteiger partial charge is 0.438 e. The van der Waals surface area contributed by atoms with Gasteiger partial charge in [0.05, 0.1) is 19.3 Å². The van der Waals surface area contributed by atoms with Crippen molar-refractivity contribution < 1.29 is 22.4 Å². The number of sulfonamides is 1. The molecule has 1 N–H and O–H groups in total. The molecule has 2 fully saturated rings. The van der Waals surface area contributed by atoms with Crippen molar-refractivity contribution in [3.8, 4) is 0 Å². The van der Waals surface area contributed by atoms with Crippen LogP contribution in [0.5, 0.6) is 0 Å². The summed E-state index contributed by atoms with van der Waals surface area (Å²) in [5.74, 6) is -0.490. The lowest BCUT2D eigenvalue weighted by molar-refractivity contribution is 0.0161. The summed E-state index contributed by atoms with van der Waals surface area (Å²) in [6, 6.07) is 10.2. The van der Waals surface area contributed by atoms with Gasteiger partial charge in [-0.05, 0) is 36.6 Å². The summed E-state index contributed by atoms with van der Waals surface area (Å²) in [6.07, 6.45) is 2.68. The third-order valence-corrected chi connectivity index (χ3v) is 8.04. The molecule has 0 spiro atoms. The molecule has 0 bridgehead atoms. The van der Waals surface area contributed by atoms with Crippen LogP contribution in [0.15, 0.2) is 45.9 Å². The highest BCUT2D eigenvalue weighted by atomic mass is 35.5. The molecule has 4 rings (SSSR count). The molecule has 8 nitrogen and oxygen atoms in total. The van der Waals surface area contributed by atoms with Crippen molar-refractivity contribution in [2.45, 2.75) is 30.4 Å². The van der Waals surface area contributed by atoms with Crippen LogP contribution in [0.2, 0.25) is 5.02 Å². The van der Waals surface area contributed by atoms with Crippen molar-refractivity contribution in [1.29, 1.82) is 0 Å². The number of benzene rings is 1. The van der Waals surface area contributed by atoms with E-state index in [-0.39, 0.29) is 16.9 Å². The minimum Gasteiger partial charge on any atom is -0.438 e. The SMILES string of the molecule is O=C(NCC(c1ccccc1Cl)N1CCOCC1)c1ccc(S(=O)(=O)N2CCCCC2)o1. The highest BCUT2D eigenvalue weighted by Crippen LogP contribution is 2.28. The van der Waals surface area contributed by atoms with Gasteiger partial charge >= 0.3 is 0 Å². The van der Waals surface area contributed by atoms with Crippen LogP contribution in [-0.4, -0.2) is 69.5 Å². The number of carbonyl (C=O) groups is 1. The predicted molar refractivity (Wildman–Crippen MR) is 120 cm³/mol. The van der Waals surface area contributed by atoms with Crippen molar-refractivity contribution in [3.63, 3.8) is 0 Å². The average molecular weight is 482 g/mol. The van der Waals surface area contributed by atoms with Crippen LogP contribution in [0.25, 0.3) is 0 Å². The van der Waals surface area contributed by atoms with E-state index in [1.807, 2.05) is 24.3 Å². The fourth-order valence-electron chi connectivity index (χ4n) is 4.16. The zero-order valence-corrected chi connectivity index (χ0v) is 19.4. The quantitative estimate of drug-likeness (QED) is 0.653. The van der Waals surface area contributed by atoms with Gasteiger partial charge in [-0.25, -0.2) is 8.42 Å². The number of morpholine rings is 1. The van der Waals surface area contributed by atoms with Crippen LogP contribution >= 0.6 is 11.6 Å². The number of nitrogens with one attached hydrogen (secondary N) is 1. The maximum Gasteiger partial charge on any atom is 0.287 e. The molecule has 2 aromatic rings. The summed E-state index contributed by atoms with van der Waals surface area (Å²) < 4.78 is 37.9. The molecule has 10 heteroatoms. The van der Waals surface area contributed by atoms with Crippen molar-refractivity contribution in [1.82, 2.24) is 14.5 Å². The first-order chi connectivity index (χ1) is 15.5. The molecule has 1 amide bonds. The second-order valence-electron chi connectivity index (χ2n) is 7.98. The molecule has 32 heavy (non-hydrogen) atoms. The molecule has 3 heterocycles. The molecule has 174 valence electrons. The number of furan rings is 1. The molecular formula is C22H28ClN3O5S. The minimum atomic E-state index is -3.72. The number of piperidine rings is 1. The summed E-state index contributed by atoms with van der Waals surface area (Å²) in [5.41, 5.74) is 0.921. The Labute approximate surface area is 193 Å². The number of halogens is 1. The Morgan fingerprint density at radius 3 is 2.47 bits per heavy atom. The fraction of sp³-hybridized carbons (Fsp3) is 0.500. The Bertz CT molecular complexity index is 1030. The van der Waals surface area contributed by atoms with E-state index in [0.717, 1.165) is 37.9 Å². The lowest BCUT2D eigenvalue weighted by atomic mass is 10.0. The van der Waals surface area contributed by atoms with Crippen molar-refractivity contribution >= 4 is 27.5 Å². The number of carbonyl (C=O) groups excluding carboxylic acids is 1. The zero-order valence-electron chi connectivity index (χ0n) is 17.8. The molecule has 2 saturated heterocycles. The molecule has 1 aromatic heterocycles. The average Bonchev–Trinajstić information content (AvgIpc) is 3.33. The first-order valence-corrected chi connectivity index (χ1v) is 12.7. The predicted octanol–water partition coefficient (Wildman–Crippen LogP) is 2.91. The summed E-state index contributed by atoms with van der Waals surface area (Å²) in [6.45, 7) is 3.94. The second-order valence-corrected chi connectivity index (χ2v) is 10.3. The van der Waals surface area contributed by atoms with Gasteiger partial charge in [0.15, 0.2) is 5.76 Å². The molecule has 0 saturated carbocycles. The summed E-state index contributed by atoms with van der Waals surface area (Å²) in [7, 11) is -3.72. The number of hydrogen-bond acceptors (Lipinski definition) is 6. The monoisotopic (exact) mass is 481 g/mol. The topological polar surface area (TPSA) is 92.1 Å². The van der Waals surface area contributed by atoms with Crippen LogP contribution < -0.4 is 5.32 Å². The molecular weight excluding hydrogens is 454 g/mol. The van der Waals surface area contributed by atoms with E-state index in [1.54, 1.807) is 0 Å². The molecule has 1 atom stereocenters. The maximum absolute atomic E-state index is 12.8. The zero-order chi connectivity index (χ0) is 22.6. The lowest BCUT2D eigenvalue weighted by Gasteiger charge is -2.35. The Morgan fingerprint density at radius 1 is 1.03 bits per heavy atom. The van der Waals surface area contributed by atoms with E-state index in [9.17, 15) is 13.2 Å². The smallest absolute Gasteiger partial charge is 0.287 e. The van der Waals surface area contributed by atoms with Gasteiger partial charge in [0.1, 0.15) is 0 Å². The van der Waals surface area contributed by atoms with Gasteiger partial charge in [-0.3, -0.25) is 9.69 Å². The molecule has 2 aliphatic heterocycles. The molecule has 1 unspecified atom stereocenters. The Morgan fingerprint density at radius 2 is 1.75 bits per heavy atom. The third-order valence-electron chi connectivity index (χ3n) is 5.92. The highest BCUT2D eigenvalue weighted by molar-refractivity contribution is 7.89. The van der Waals surface area contributed by atoms with E-state index >= 15 is 0 Å². The van der Waals surface area contributed by atoms with Gasteiger partial charge in [0.2, 0.25) is 5.09 Å². The number of hydrogen-bond donors (Lipinski definition) is 1. The molecule has 2 aliphatic rings. The standard InChI is InChI=1S/C22H28ClN3O5S/c23-18-7-3-2-6-17(18)19(25-12-14-30-15-13-25)16-24-22(27)20-8-9-21(31-20)32(28,29)26-10-4-1-5-11-26/h2-3,6-9,19H,1,4-5,10-16H2,(H,24,27). The second kappa shape index (κ2) is 10.4. The van der Waals surface area contributed by atoms with Gasteiger partial charge in [-0.2, -0.15) is 4.31 Å². The highest BCUT2D eigenvalue weighted by Gasteiger charge is 2.30. The Balaban J connectivity index is 1.46. The fourth-order valence-corrected chi connectivity index (χ4v) is 5.85. The summed E-state index contributed by atoms with van der Waals surface area (Å²) >= 11 is 6.44. The number of nitrogens with zero attached hydrogens (tertiary/aromatic N) is 2. The molecule has 0 radical (unpaired) electrons. The normalized spacial score (nSPS) is 19.5. The molecule has 0 aliphatic carbocycles. The van der Waals surface area contributed by atoms with Crippen LogP contribution in [0.4, 0.5) is 0 Å². The van der Waals surface area contributed by atoms with Crippen LogP contribution in [0.1, 0.15) is 41.4 Å². The van der Waals surface area contributed by atoms with Gasteiger partial charge in [0.25, 0.3) is 15.9 Å². The van der Waals surface area contributed by atoms with Crippen LogP contribution in [-0.2, 0) is 14.8 Å². The van der Waals surface area contributed by atoms with E-state index in [1.165, 1.54) is 16.4 Å². The van der Waals surface area contributed by atoms with E-state index < -0.39 is 15.9 Å². The van der Waals surface area contributed by atoms with E-state index in [0.29, 0.717) is 37.9 Å². The van der Waals surface area contributed by atoms with Gasteiger partial charge < -0.3 is 14.5 Å². The van der Waals surface area contributed by atoms with Crippen molar-refractivity contribution in [2.24, 2.45) is 0 Å². The van der Waals surface area contributed by atoms with Crippen molar-refractivity contribution in [2.75, 3.05) is 45.9 Å². The van der Waals surface area contributed by atoms with Gasteiger partial charge in [-0.15, -0.1) is 0 Å². The van der Waals surface area contributed by atoms with Crippen LogP contribution in [0, 0.1) is 0 Å². The third kappa shape index (κ3) is 5.18. The minimum absolute atomic E-state index is 0.0273. The summed E-state index contributed by atoms with van der Waals surface area (Å²) in [4.78, 5) is 15.0. The van der Waals surface area contributed by atoms with E-state index in [2.05, 4.69) is 10.2 Å². The number of amides is 1. The number of ether oxygens (including phenoxy) is 1. The Kier molecular flexibility index (Phi) is 7.52. The first-order valence-electron chi connectivity index (χ1n) is 10.9. The maximum atomic E-state index is 12.8. The molecule has 1 aromatic carbocycles. The van der Waals surface area contributed by atoms with Gasteiger partial charge in [-0.1, -0.05) is 36.2 Å². The van der Waals surface area contributed by atoms with Crippen LogP contribution in [0.3, 0.4) is 0 Å². The first kappa shape index (κ1) is 23.3. The van der Waals surface area contributed by atoms with Gasteiger partial charge in [0, 0.05) is 37.7 Å². The Hall–Kier alpha value is -1.91. The van der Waals surface area contributed by atoms with E-state index in [4.69, 9.17) is 20.8 Å². The number of rotatable bonds is 7. The summed E-state index contributed by atoms with van der Waals surface area (Å²) in [5, 5.41) is 3.32. The van der Waals surface area contributed by atoms with Crippen molar-refractivity contribution in [3.05, 3.63) is 52.7 Å².